The van der Waals surface area contributed by atoms with Crippen LogP contribution in [0.5, 0.6) is 0 Å². The van der Waals surface area contributed by atoms with E-state index in [0.717, 1.165) is 12.3 Å². The highest BCUT2D eigenvalue weighted by Gasteiger charge is 2.39. The first-order valence-corrected chi connectivity index (χ1v) is 10.3. The number of fused-ring (bicyclic) bond motifs is 7. The molecule has 10 heteroatoms. The Kier molecular flexibility index (Phi) is 4.88. The van der Waals surface area contributed by atoms with Crippen LogP contribution < -0.4 is 15.5 Å². The molecule has 2 N–H and O–H groups in total. The van der Waals surface area contributed by atoms with Crippen LogP contribution >= 0.6 is 0 Å². The van der Waals surface area contributed by atoms with Crippen molar-refractivity contribution < 1.29 is 22.4 Å². The lowest BCUT2D eigenvalue weighted by Crippen LogP contribution is -2.46. The standard InChI is InChI=1S/C23H19F4N5O/c1-13-4-6-18-21(30-13)28-8-2-3-14-9-15(24)5-7-17(14)31-12-32(18)22(33)16-10-20(23(25,26)27)29-11-19(16)31/h4-7,9-11,28,30H,1-3,8,12H2. The van der Waals surface area contributed by atoms with Gasteiger partial charge >= 0.3 is 6.18 Å². The number of nitrogens with zero attached hydrogens (tertiary/aromatic N) is 3. The number of amides is 1. The van der Waals surface area contributed by atoms with E-state index in [1.165, 1.54) is 17.0 Å². The maximum Gasteiger partial charge on any atom is 0.433 e. The number of aryl methyl sites for hydroxylation is 1. The Morgan fingerprint density at radius 2 is 1.91 bits per heavy atom. The number of hydrogen-bond acceptors (Lipinski definition) is 5. The normalized spacial score (nSPS) is 18.1. The first-order valence-electron chi connectivity index (χ1n) is 10.3. The van der Waals surface area contributed by atoms with Crippen molar-refractivity contribution in [3.8, 4) is 0 Å². The first kappa shape index (κ1) is 21.0. The van der Waals surface area contributed by atoms with Gasteiger partial charge in [-0.25, -0.2) is 9.37 Å². The summed E-state index contributed by atoms with van der Waals surface area (Å²) in [5.74, 6) is -0.475. The Labute approximate surface area is 186 Å². The molecule has 0 unspecified atom stereocenters. The number of pyridine rings is 1. The zero-order valence-corrected chi connectivity index (χ0v) is 17.3. The van der Waals surface area contributed by atoms with Crippen molar-refractivity contribution in [1.82, 2.24) is 20.5 Å². The van der Waals surface area contributed by atoms with E-state index in [1.807, 2.05) is 0 Å². The zero-order chi connectivity index (χ0) is 23.3. The second kappa shape index (κ2) is 7.65. The van der Waals surface area contributed by atoms with Crippen molar-refractivity contribution in [2.75, 3.05) is 18.1 Å². The maximum absolute atomic E-state index is 14.1. The summed E-state index contributed by atoms with van der Waals surface area (Å²) in [5.41, 5.74) is 1.32. The lowest BCUT2D eigenvalue weighted by Gasteiger charge is -2.40. The van der Waals surface area contributed by atoms with E-state index in [-0.39, 0.29) is 17.9 Å². The highest BCUT2D eigenvalue weighted by Crippen LogP contribution is 2.40. The van der Waals surface area contributed by atoms with Gasteiger partial charge in [0.05, 0.1) is 23.1 Å². The molecule has 2 aromatic rings. The van der Waals surface area contributed by atoms with Crippen LogP contribution in [0.1, 0.15) is 28.0 Å². The van der Waals surface area contributed by atoms with Gasteiger partial charge in [-0.3, -0.25) is 9.69 Å². The molecule has 0 fully saturated rings. The minimum absolute atomic E-state index is 0.0104. The van der Waals surface area contributed by atoms with E-state index in [9.17, 15) is 22.4 Å². The molecule has 6 nitrogen and oxygen atoms in total. The van der Waals surface area contributed by atoms with Crippen LogP contribution in [-0.2, 0) is 12.6 Å². The van der Waals surface area contributed by atoms with Gasteiger partial charge in [0, 0.05) is 17.9 Å². The number of carbonyl (C=O) groups excluding carboxylic acids is 1. The predicted octanol–water partition coefficient (Wildman–Crippen LogP) is 4.17. The van der Waals surface area contributed by atoms with Crippen molar-refractivity contribution in [1.29, 1.82) is 0 Å². The largest absolute Gasteiger partial charge is 0.433 e. The Balaban J connectivity index is 1.74. The molecule has 3 aliphatic rings. The summed E-state index contributed by atoms with van der Waals surface area (Å²) in [5, 5.41) is 6.33. The van der Waals surface area contributed by atoms with Crippen molar-refractivity contribution in [2.24, 2.45) is 0 Å². The monoisotopic (exact) mass is 457 g/mol. The molecule has 1 amide bonds. The van der Waals surface area contributed by atoms with Gasteiger partial charge < -0.3 is 15.5 Å². The molecule has 1 aromatic carbocycles. The summed E-state index contributed by atoms with van der Waals surface area (Å²) >= 11 is 0. The highest BCUT2D eigenvalue weighted by molar-refractivity contribution is 6.04. The summed E-state index contributed by atoms with van der Waals surface area (Å²) in [4.78, 5) is 20.1. The molecule has 1 aromatic heterocycles. The molecular formula is C23H19F4N5O. The van der Waals surface area contributed by atoms with Crippen LogP contribution in [0.25, 0.3) is 0 Å². The molecule has 4 heterocycles. The number of nitrogens with one attached hydrogen (secondary N) is 2. The number of rotatable bonds is 0. The number of benzene rings is 1. The molecule has 0 radical (unpaired) electrons. The fourth-order valence-corrected chi connectivity index (χ4v) is 4.21. The third kappa shape index (κ3) is 3.71. The summed E-state index contributed by atoms with van der Waals surface area (Å²) in [6, 6.07) is 5.06. The molecule has 0 spiro atoms. The van der Waals surface area contributed by atoms with Gasteiger partial charge in [0.1, 0.15) is 24.0 Å². The minimum Gasteiger partial charge on any atom is -0.370 e. The summed E-state index contributed by atoms with van der Waals surface area (Å²) in [7, 11) is 0. The molecule has 0 saturated carbocycles. The average molecular weight is 457 g/mol. The Morgan fingerprint density at radius 3 is 2.70 bits per heavy atom. The van der Waals surface area contributed by atoms with Crippen molar-refractivity contribution >= 4 is 17.3 Å². The van der Waals surface area contributed by atoms with E-state index >= 15 is 0 Å². The second-order valence-electron chi connectivity index (χ2n) is 7.93. The third-order valence-electron chi connectivity index (χ3n) is 5.75. The van der Waals surface area contributed by atoms with Crippen LogP contribution in [0.3, 0.4) is 0 Å². The number of hydrogen-bond donors (Lipinski definition) is 2. The van der Waals surface area contributed by atoms with E-state index in [4.69, 9.17) is 0 Å². The van der Waals surface area contributed by atoms with Crippen LogP contribution in [0.2, 0.25) is 0 Å². The van der Waals surface area contributed by atoms with Crippen LogP contribution in [0, 0.1) is 5.82 Å². The molecule has 3 aliphatic heterocycles. The molecule has 2 bridgehead atoms. The predicted molar refractivity (Wildman–Crippen MR) is 114 cm³/mol. The fraction of sp³-hybridized carbons (Fsp3) is 0.217. The van der Waals surface area contributed by atoms with Crippen LogP contribution in [0.15, 0.2) is 66.4 Å². The number of halogens is 4. The van der Waals surface area contributed by atoms with Gasteiger partial charge in [-0.1, -0.05) is 6.58 Å². The molecule has 0 atom stereocenters. The first-order chi connectivity index (χ1) is 15.7. The Morgan fingerprint density at radius 1 is 1.09 bits per heavy atom. The molecule has 0 aliphatic carbocycles. The Bertz CT molecular complexity index is 1230. The molecule has 0 saturated heterocycles. The number of carbonyl (C=O) groups is 1. The smallest absolute Gasteiger partial charge is 0.370 e. The van der Waals surface area contributed by atoms with Gasteiger partial charge in [0.2, 0.25) is 0 Å². The number of allylic oxidation sites excluding steroid dienone is 2. The zero-order valence-electron chi connectivity index (χ0n) is 17.3. The van der Waals surface area contributed by atoms with Crippen LogP contribution in [-0.4, -0.2) is 29.0 Å². The van der Waals surface area contributed by atoms with Crippen molar-refractivity contribution in [3.63, 3.8) is 0 Å². The second-order valence-corrected chi connectivity index (χ2v) is 7.93. The lowest BCUT2D eigenvalue weighted by molar-refractivity contribution is -0.141. The van der Waals surface area contributed by atoms with E-state index < -0.39 is 23.6 Å². The number of dihydropyridines is 1. The van der Waals surface area contributed by atoms with Gasteiger partial charge in [-0.2, -0.15) is 13.2 Å². The fourth-order valence-electron chi connectivity index (χ4n) is 4.21. The van der Waals surface area contributed by atoms with Crippen molar-refractivity contribution in [3.05, 3.63) is 89.0 Å². The van der Waals surface area contributed by atoms with E-state index in [1.54, 1.807) is 23.1 Å². The van der Waals surface area contributed by atoms with Crippen molar-refractivity contribution in [2.45, 2.75) is 19.0 Å². The SMILES string of the molecule is C=C1C=CC2=C(NCCCc3cc(F)ccc3N3CN2C(=O)c2cc(C(F)(F)F)ncc23)N1. The van der Waals surface area contributed by atoms with Gasteiger partial charge in [-0.05, 0) is 54.8 Å². The highest BCUT2D eigenvalue weighted by atomic mass is 19.4. The van der Waals surface area contributed by atoms with Gasteiger partial charge in [0.25, 0.3) is 5.91 Å². The molecule has 5 rings (SSSR count). The third-order valence-corrected chi connectivity index (χ3v) is 5.75. The molecule has 170 valence electrons. The molecule has 33 heavy (non-hydrogen) atoms. The van der Waals surface area contributed by atoms with Gasteiger partial charge in [0.15, 0.2) is 0 Å². The van der Waals surface area contributed by atoms with Gasteiger partial charge in [-0.15, -0.1) is 0 Å². The van der Waals surface area contributed by atoms with E-state index in [0.29, 0.717) is 47.9 Å². The Hall–Kier alpha value is -3.82. The average Bonchev–Trinajstić information content (AvgIpc) is 2.79. The molecular weight excluding hydrogens is 438 g/mol. The number of aromatic nitrogens is 1. The number of alkyl halides is 3. The lowest BCUT2D eigenvalue weighted by atomic mass is 10.0. The number of anilines is 2. The minimum atomic E-state index is -4.71. The summed E-state index contributed by atoms with van der Waals surface area (Å²) < 4.78 is 54.3. The topological polar surface area (TPSA) is 60.5 Å². The summed E-state index contributed by atoms with van der Waals surface area (Å²) in [6.07, 6.45) is 0.910. The summed E-state index contributed by atoms with van der Waals surface area (Å²) in [6.45, 7) is 4.41. The van der Waals surface area contributed by atoms with E-state index in [2.05, 4.69) is 22.2 Å². The van der Waals surface area contributed by atoms with Crippen LogP contribution in [0.4, 0.5) is 28.9 Å². The quantitative estimate of drug-likeness (QED) is 0.582. The maximum atomic E-state index is 14.1.